The van der Waals surface area contributed by atoms with Gasteiger partial charge in [0.2, 0.25) is 6.29 Å². The number of ether oxygens (including phenoxy) is 2. The van der Waals surface area contributed by atoms with Gasteiger partial charge in [0.1, 0.15) is 0 Å². The minimum absolute atomic E-state index is 0.120. The molecule has 4 bridgehead atoms. The van der Waals surface area contributed by atoms with Crippen LogP contribution in [0.4, 0.5) is 0 Å². The van der Waals surface area contributed by atoms with Crippen molar-refractivity contribution < 1.29 is 24.2 Å². The molecule has 0 aromatic rings. The molecule has 0 aliphatic heterocycles. The number of aliphatic carboxylic acids is 1. The Bertz CT molecular complexity index is 584. The Hall–Kier alpha value is -1.36. The van der Waals surface area contributed by atoms with Gasteiger partial charge in [0.05, 0.1) is 12.0 Å². The first-order valence-corrected chi connectivity index (χ1v) is 9.11. The van der Waals surface area contributed by atoms with Crippen molar-refractivity contribution in [1.29, 1.82) is 0 Å². The van der Waals surface area contributed by atoms with Gasteiger partial charge in [-0.15, -0.1) is 0 Å². The largest absolute Gasteiger partial charge is 0.481 e. The Morgan fingerprint density at radius 1 is 1.08 bits per heavy atom. The Morgan fingerprint density at radius 3 is 2.38 bits per heavy atom. The van der Waals surface area contributed by atoms with Crippen LogP contribution in [0.15, 0.2) is 12.2 Å². The first-order valence-electron chi connectivity index (χ1n) is 9.11. The molecule has 0 radical (unpaired) electrons. The van der Waals surface area contributed by atoms with Crippen LogP contribution in [0, 0.1) is 41.4 Å². The maximum Gasteiger partial charge on any atom is 0.335 e. The summed E-state index contributed by atoms with van der Waals surface area (Å²) in [6, 6.07) is 0. The standard InChI is InChI=1S/C19H26O5/c1-8(2)19(22)24-9(3)23-15-7-11-6-14(15)17-10-4-12(16(11)17)13(5-10)18(20)21/h9-17H,1,4-7H2,2-3H3,(H,20,21). The van der Waals surface area contributed by atoms with E-state index in [0.29, 0.717) is 41.1 Å². The van der Waals surface area contributed by atoms with Crippen LogP contribution < -0.4 is 0 Å². The molecular formula is C19H26O5. The number of carboxylic acids is 1. The molecule has 4 saturated carbocycles. The summed E-state index contributed by atoms with van der Waals surface area (Å²) in [6.07, 6.45) is 3.66. The van der Waals surface area contributed by atoms with Crippen molar-refractivity contribution in [3.05, 3.63) is 12.2 Å². The van der Waals surface area contributed by atoms with Gasteiger partial charge in [-0.05, 0) is 75.0 Å². The van der Waals surface area contributed by atoms with E-state index < -0.39 is 18.2 Å². The Kier molecular flexibility index (Phi) is 3.75. The van der Waals surface area contributed by atoms with Gasteiger partial charge in [-0.3, -0.25) is 4.79 Å². The molecule has 9 atom stereocenters. The smallest absolute Gasteiger partial charge is 0.335 e. The third-order valence-corrected chi connectivity index (χ3v) is 7.06. The summed E-state index contributed by atoms with van der Waals surface area (Å²) in [5, 5.41) is 9.44. The van der Waals surface area contributed by atoms with Gasteiger partial charge >= 0.3 is 11.9 Å². The minimum Gasteiger partial charge on any atom is -0.481 e. The van der Waals surface area contributed by atoms with Crippen LogP contribution >= 0.6 is 0 Å². The highest BCUT2D eigenvalue weighted by Gasteiger charge is 2.66. The maximum absolute atomic E-state index is 11.6. The van der Waals surface area contributed by atoms with Crippen LogP contribution in [0.1, 0.15) is 39.5 Å². The zero-order valence-electron chi connectivity index (χ0n) is 14.3. The zero-order valence-corrected chi connectivity index (χ0v) is 14.3. The quantitative estimate of drug-likeness (QED) is 0.362. The fourth-order valence-electron chi connectivity index (χ4n) is 6.50. The molecule has 0 saturated heterocycles. The average molecular weight is 334 g/mol. The van der Waals surface area contributed by atoms with Crippen molar-refractivity contribution >= 4 is 11.9 Å². The Morgan fingerprint density at radius 2 is 1.71 bits per heavy atom. The molecule has 0 aromatic carbocycles. The van der Waals surface area contributed by atoms with Crippen molar-refractivity contribution in [3.8, 4) is 0 Å². The number of rotatable bonds is 5. The highest BCUT2D eigenvalue weighted by Crippen LogP contribution is 2.69. The number of fused-ring (bicyclic) bond motifs is 9. The first-order chi connectivity index (χ1) is 11.4. The fraction of sp³-hybridized carbons (Fsp3) is 0.789. The Labute approximate surface area is 142 Å². The van der Waals surface area contributed by atoms with Gasteiger partial charge < -0.3 is 14.6 Å². The average Bonchev–Trinajstić information content (AvgIpc) is 3.23. The molecule has 132 valence electrons. The lowest BCUT2D eigenvalue weighted by Gasteiger charge is -2.40. The van der Waals surface area contributed by atoms with E-state index in [0.717, 1.165) is 25.7 Å². The van der Waals surface area contributed by atoms with E-state index in [4.69, 9.17) is 9.47 Å². The molecule has 5 nitrogen and oxygen atoms in total. The van der Waals surface area contributed by atoms with Crippen LogP contribution in [0.25, 0.3) is 0 Å². The van der Waals surface area contributed by atoms with Crippen molar-refractivity contribution in [1.82, 2.24) is 0 Å². The number of carbonyl (C=O) groups excluding carboxylic acids is 1. The van der Waals surface area contributed by atoms with Crippen molar-refractivity contribution in [2.75, 3.05) is 0 Å². The predicted octanol–water partition coefficient (Wildman–Crippen LogP) is 2.85. The topological polar surface area (TPSA) is 72.8 Å². The normalized spacial score (nSPS) is 45.9. The summed E-state index contributed by atoms with van der Waals surface area (Å²) in [5.74, 6) is 2.11. The third-order valence-electron chi connectivity index (χ3n) is 7.06. The SMILES string of the molecule is C=C(C)C(=O)OC(C)OC1CC2CC1C1C3CC(C(=O)O)C(C3)C21. The molecule has 1 N–H and O–H groups in total. The van der Waals surface area contributed by atoms with Crippen molar-refractivity contribution in [3.63, 3.8) is 0 Å². The first kappa shape index (κ1) is 16.1. The number of esters is 1. The molecule has 4 fully saturated rings. The minimum atomic E-state index is -0.600. The summed E-state index contributed by atoms with van der Waals surface area (Å²) in [6.45, 7) is 6.99. The summed E-state index contributed by atoms with van der Waals surface area (Å²) in [7, 11) is 0. The second kappa shape index (κ2) is 5.58. The molecule has 24 heavy (non-hydrogen) atoms. The van der Waals surface area contributed by atoms with Gasteiger partial charge in [0.25, 0.3) is 0 Å². The highest BCUT2D eigenvalue weighted by molar-refractivity contribution is 5.86. The van der Waals surface area contributed by atoms with Crippen molar-refractivity contribution in [2.45, 2.75) is 51.9 Å². The number of carboxylic acid groups (broad SMARTS) is 1. The molecule has 0 amide bonds. The van der Waals surface area contributed by atoms with E-state index in [1.807, 2.05) is 0 Å². The fourth-order valence-corrected chi connectivity index (χ4v) is 6.50. The number of carbonyl (C=O) groups is 2. The molecule has 0 aromatic heterocycles. The molecule has 4 rings (SSSR count). The van der Waals surface area contributed by atoms with E-state index in [2.05, 4.69) is 6.58 Å². The summed E-state index contributed by atoms with van der Waals surface area (Å²) in [5.41, 5.74) is 0.381. The van der Waals surface area contributed by atoms with Crippen LogP contribution in [-0.2, 0) is 19.1 Å². The van der Waals surface area contributed by atoms with Gasteiger partial charge in [-0.25, -0.2) is 4.79 Å². The van der Waals surface area contributed by atoms with Crippen molar-refractivity contribution in [2.24, 2.45) is 41.4 Å². The van der Waals surface area contributed by atoms with Gasteiger partial charge in [0, 0.05) is 5.57 Å². The molecule has 0 spiro atoms. The lowest BCUT2D eigenvalue weighted by molar-refractivity contribution is -0.190. The lowest BCUT2D eigenvalue weighted by Crippen LogP contribution is -2.41. The van der Waals surface area contributed by atoms with E-state index in [9.17, 15) is 14.7 Å². The second-order valence-corrected chi connectivity index (χ2v) is 8.32. The van der Waals surface area contributed by atoms with Gasteiger partial charge in [0.15, 0.2) is 0 Å². The van der Waals surface area contributed by atoms with Crippen LogP contribution in [-0.4, -0.2) is 29.4 Å². The molecule has 0 heterocycles. The molecular weight excluding hydrogens is 308 g/mol. The predicted molar refractivity (Wildman–Crippen MR) is 85.8 cm³/mol. The number of hydrogen-bond donors (Lipinski definition) is 1. The van der Waals surface area contributed by atoms with Gasteiger partial charge in [-0.1, -0.05) is 6.58 Å². The van der Waals surface area contributed by atoms with E-state index in [1.54, 1.807) is 13.8 Å². The highest BCUT2D eigenvalue weighted by atomic mass is 16.7. The summed E-state index contributed by atoms with van der Waals surface area (Å²) >= 11 is 0. The zero-order chi connectivity index (χ0) is 17.2. The monoisotopic (exact) mass is 334 g/mol. The maximum atomic E-state index is 11.6. The molecule has 4 aliphatic carbocycles. The summed E-state index contributed by atoms with van der Waals surface area (Å²) < 4.78 is 11.3. The third kappa shape index (κ3) is 2.32. The summed E-state index contributed by atoms with van der Waals surface area (Å²) in [4.78, 5) is 23.1. The molecule has 4 aliphatic rings. The van der Waals surface area contributed by atoms with Crippen LogP contribution in [0.5, 0.6) is 0 Å². The van der Waals surface area contributed by atoms with E-state index in [1.165, 1.54) is 0 Å². The molecule has 5 heteroatoms. The second-order valence-electron chi connectivity index (χ2n) is 8.32. The van der Waals surface area contributed by atoms with Gasteiger partial charge in [-0.2, -0.15) is 0 Å². The van der Waals surface area contributed by atoms with Crippen LogP contribution in [0.3, 0.4) is 0 Å². The lowest BCUT2D eigenvalue weighted by atomic mass is 9.67. The van der Waals surface area contributed by atoms with E-state index >= 15 is 0 Å². The van der Waals surface area contributed by atoms with E-state index in [-0.39, 0.29) is 12.0 Å². The molecule has 9 unspecified atom stereocenters. The van der Waals surface area contributed by atoms with Crippen LogP contribution in [0.2, 0.25) is 0 Å². The Balaban J connectivity index is 1.40. The number of hydrogen-bond acceptors (Lipinski definition) is 4.